The fourth-order valence-electron chi connectivity index (χ4n) is 2.55. The fraction of sp³-hybridized carbons (Fsp3) is 0.350. The van der Waals surface area contributed by atoms with Crippen molar-refractivity contribution in [3.8, 4) is 0 Å². The van der Waals surface area contributed by atoms with E-state index < -0.39 is 0 Å². The zero-order valence-corrected chi connectivity index (χ0v) is 15.8. The van der Waals surface area contributed by atoms with Gasteiger partial charge in [-0.05, 0) is 25.2 Å². The summed E-state index contributed by atoms with van der Waals surface area (Å²) in [6.07, 6.45) is 0.324. The van der Waals surface area contributed by atoms with E-state index in [-0.39, 0.29) is 24.4 Å². The molecule has 2 rings (SSSR count). The number of hydrogen-bond acceptors (Lipinski definition) is 3. The lowest BCUT2D eigenvalue weighted by Crippen LogP contribution is -2.37. The lowest BCUT2D eigenvalue weighted by molar-refractivity contribution is -0.132. The molecule has 0 fully saturated rings. The van der Waals surface area contributed by atoms with E-state index in [1.165, 1.54) is 0 Å². The van der Waals surface area contributed by atoms with Crippen LogP contribution in [-0.2, 0) is 11.3 Å². The van der Waals surface area contributed by atoms with E-state index in [0.29, 0.717) is 19.5 Å². The van der Waals surface area contributed by atoms with Crippen LogP contribution in [0, 0.1) is 0 Å². The zero-order valence-electron chi connectivity index (χ0n) is 15.0. The van der Waals surface area contributed by atoms with Gasteiger partial charge in [-0.15, -0.1) is 12.4 Å². The van der Waals surface area contributed by atoms with E-state index in [1.807, 2.05) is 79.7 Å². The first-order chi connectivity index (χ1) is 11.6. The summed E-state index contributed by atoms with van der Waals surface area (Å²) in [5, 5.41) is 0. The van der Waals surface area contributed by atoms with Crippen molar-refractivity contribution in [1.29, 1.82) is 0 Å². The van der Waals surface area contributed by atoms with E-state index >= 15 is 0 Å². The van der Waals surface area contributed by atoms with Gasteiger partial charge < -0.3 is 15.5 Å². The van der Waals surface area contributed by atoms with Gasteiger partial charge in [0.25, 0.3) is 0 Å². The molecule has 136 valence electrons. The molecule has 25 heavy (non-hydrogen) atoms. The normalized spacial score (nSPS) is 11.7. The highest BCUT2D eigenvalue weighted by Gasteiger charge is 2.18. The molecule has 0 aliphatic carbocycles. The standard InChI is InChI=1S/C20H27N3O.ClH/c1-22(2)13-14-23(16-17-9-5-3-6-10-17)20(24)15-19(21)18-11-7-4-8-12-18;/h3-12,19H,13-16,21H2,1-2H3;1H. The van der Waals surface area contributed by atoms with E-state index in [1.54, 1.807) is 0 Å². The van der Waals surface area contributed by atoms with Gasteiger partial charge in [0.15, 0.2) is 0 Å². The van der Waals surface area contributed by atoms with Crippen LogP contribution >= 0.6 is 12.4 Å². The van der Waals surface area contributed by atoms with Crippen molar-refractivity contribution in [1.82, 2.24) is 9.80 Å². The Labute approximate surface area is 157 Å². The molecule has 1 unspecified atom stereocenters. The number of benzene rings is 2. The molecular formula is C20H28ClN3O. The number of rotatable bonds is 8. The van der Waals surface area contributed by atoms with E-state index in [9.17, 15) is 4.79 Å². The first-order valence-corrected chi connectivity index (χ1v) is 8.33. The smallest absolute Gasteiger partial charge is 0.224 e. The highest BCUT2D eigenvalue weighted by atomic mass is 35.5. The molecule has 0 aliphatic rings. The first-order valence-electron chi connectivity index (χ1n) is 8.33. The van der Waals surface area contributed by atoms with Gasteiger partial charge in [-0.3, -0.25) is 4.79 Å². The van der Waals surface area contributed by atoms with E-state index in [2.05, 4.69) is 4.90 Å². The number of hydrogen-bond donors (Lipinski definition) is 1. The largest absolute Gasteiger partial charge is 0.337 e. The summed E-state index contributed by atoms with van der Waals surface area (Å²) >= 11 is 0. The molecule has 0 bridgehead atoms. The van der Waals surface area contributed by atoms with Gasteiger partial charge in [0.2, 0.25) is 5.91 Å². The molecule has 0 saturated heterocycles. The third-order valence-electron chi connectivity index (χ3n) is 4.01. The minimum absolute atomic E-state index is 0. The SMILES string of the molecule is CN(C)CCN(Cc1ccccc1)C(=O)CC(N)c1ccccc1.Cl. The molecular weight excluding hydrogens is 334 g/mol. The molecule has 0 heterocycles. The van der Waals surface area contributed by atoms with Crippen molar-refractivity contribution in [3.63, 3.8) is 0 Å². The second-order valence-corrected chi connectivity index (χ2v) is 6.33. The van der Waals surface area contributed by atoms with Crippen LogP contribution in [0.5, 0.6) is 0 Å². The molecule has 0 saturated carbocycles. The van der Waals surface area contributed by atoms with Gasteiger partial charge in [0.05, 0.1) is 0 Å². The van der Waals surface area contributed by atoms with Crippen LogP contribution in [0.15, 0.2) is 60.7 Å². The molecule has 0 radical (unpaired) electrons. The second kappa shape index (κ2) is 10.9. The Balaban J connectivity index is 0.00000312. The monoisotopic (exact) mass is 361 g/mol. The third-order valence-corrected chi connectivity index (χ3v) is 4.01. The van der Waals surface area contributed by atoms with Crippen LogP contribution in [0.2, 0.25) is 0 Å². The average molecular weight is 362 g/mol. The molecule has 0 aliphatic heterocycles. The lowest BCUT2D eigenvalue weighted by Gasteiger charge is -2.26. The van der Waals surface area contributed by atoms with Crippen molar-refractivity contribution in [2.75, 3.05) is 27.2 Å². The number of likely N-dealkylation sites (N-methyl/N-ethyl adjacent to an activating group) is 1. The van der Waals surface area contributed by atoms with E-state index in [0.717, 1.165) is 17.7 Å². The van der Waals surface area contributed by atoms with Crippen molar-refractivity contribution in [2.45, 2.75) is 19.0 Å². The Morgan fingerprint density at radius 2 is 1.52 bits per heavy atom. The number of carbonyl (C=O) groups is 1. The van der Waals surface area contributed by atoms with Gasteiger partial charge in [-0.25, -0.2) is 0 Å². The van der Waals surface area contributed by atoms with Crippen molar-refractivity contribution < 1.29 is 4.79 Å². The molecule has 4 nitrogen and oxygen atoms in total. The summed E-state index contributed by atoms with van der Waals surface area (Å²) < 4.78 is 0. The van der Waals surface area contributed by atoms with Crippen LogP contribution in [0.3, 0.4) is 0 Å². The number of nitrogens with two attached hydrogens (primary N) is 1. The Morgan fingerprint density at radius 3 is 2.08 bits per heavy atom. The average Bonchev–Trinajstić information content (AvgIpc) is 2.60. The summed E-state index contributed by atoms with van der Waals surface area (Å²) in [5.74, 6) is 0.0945. The van der Waals surface area contributed by atoms with Gasteiger partial charge >= 0.3 is 0 Å². The van der Waals surface area contributed by atoms with Gasteiger partial charge in [0, 0.05) is 32.1 Å². The first kappa shape index (κ1) is 21.2. The minimum Gasteiger partial charge on any atom is -0.337 e. The Kier molecular flexibility index (Phi) is 9.21. The summed E-state index contributed by atoms with van der Waals surface area (Å²) in [7, 11) is 4.03. The van der Waals surface area contributed by atoms with E-state index in [4.69, 9.17) is 5.73 Å². The number of amides is 1. The van der Waals surface area contributed by atoms with Crippen LogP contribution < -0.4 is 5.73 Å². The quantitative estimate of drug-likeness (QED) is 0.786. The van der Waals surface area contributed by atoms with Crippen LogP contribution in [-0.4, -0.2) is 42.9 Å². The molecule has 2 aromatic carbocycles. The van der Waals surface area contributed by atoms with Crippen LogP contribution in [0.1, 0.15) is 23.6 Å². The number of nitrogens with zero attached hydrogens (tertiary/aromatic N) is 2. The summed E-state index contributed by atoms with van der Waals surface area (Å²) in [4.78, 5) is 16.8. The molecule has 0 aromatic heterocycles. The Morgan fingerprint density at radius 1 is 0.960 bits per heavy atom. The van der Waals surface area contributed by atoms with Gasteiger partial charge in [0.1, 0.15) is 0 Å². The molecule has 5 heteroatoms. The maximum absolute atomic E-state index is 12.8. The molecule has 2 N–H and O–H groups in total. The van der Waals surface area contributed by atoms with Crippen molar-refractivity contribution in [2.24, 2.45) is 5.73 Å². The third kappa shape index (κ3) is 7.26. The number of carbonyl (C=O) groups excluding carboxylic acids is 1. The summed E-state index contributed by atoms with van der Waals surface area (Å²) in [6, 6.07) is 19.6. The predicted molar refractivity (Wildman–Crippen MR) is 106 cm³/mol. The van der Waals surface area contributed by atoms with Crippen molar-refractivity contribution in [3.05, 3.63) is 71.8 Å². The number of halogens is 1. The molecule has 1 atom stereocenters. The summed E-state index contributed by atoms with van der Waals surface area (Å²) in [5.41, 5.74) is 8.36. The zero-order chi connectivity index (χ0) is 17.4. The topological polar surface area (TPSA) is 49.6 Å². The Hall–Kier alpha value is -1.88. The highest BCUT2D eigenvalue weighted by Crippen LogP contribution is 2.16. The molecule has 2 aromatic rings. The lowest BCUT2D eigenvalue weighted by atomic mass is 10.0. The summed E-state index contributed by atoms with van der Waals surface area (Å²) in [6.45, 7) is 2.15. The van der Waals surface area contributed by atoms with Gasteiger partial charge in [-0.1, -0.05) is 60.7 Å². The molecule has 1 amide bonds. The van der Waals surface area contributed by atoms with Crippen LogP contribution in [0.25, 0.3) is 0 Å². The molecule has 0 spiro atoms. The minimum atomic E-state index is -0.267. The highest BCUT2D eigenvalue weighted by molar-refractivity contribution is 5.85. The maximum atomic E-state index is 12.8. The Bertz CT molecular complexity index is 619. The van der Waals surface area contributed by atoms with Crippen LogP contribution in [0.4, 0.5) is 0 Å². The maximum Gasteiger partial charge on any atom is 0.224 e. The van der Waals surface area contributed by atoms with Crippen molar-refractivity contribution >= 4 is 18.3 Å². The second-order valence-electron chi connectivity index (χ2n) is 6.33. The fourth-order valence-corrected chi connectivity index (χ4v) is 2.55. The van der Waals surface area contributed by atoms with Gasteiger partial charge in [-0.2, -0.15) is 0 Å². The predicted octanol–water partition coefficient (Wildman–Crippen LogP) is 3.09.